The van der Waals surface area contributed by atoms with E-state index in [4.69, 9.17) is 9.47 Å². The number of rotatable bonds is 8. The highest BCUT2D eigenvalue weighted by Gasteiger charge is 2.29. The predicted octanol–water partition coefficient (Wildman–Crippen LogP) is 7.85. The molecule has 37 heavy (non-hydrogen) atoms. The molecule has 0 aromatic heterocycles. The molecule has 0 heterocycles. The van der Waals surface area contributed by atoms with Gasteiger partial charge in [-0.3, -0.25) is 0 Å². The van der Waals surface area contributed by atoms with Crippen LogP contribution in [0.1, 0.15) is 79.7 Å². The van der Waals surface area contributed by atoms with E-state index in [9.17, 15) is 27.1 Å². The number of hydrogen-bond donors (Lipinski definition) is 1. The summed E-state index contributed by atoms with van der Waals surface area (Å²) in [5.41, 5.74) is 1.19. The van der Waals surface area contributed by atoms with E-state index in [1.807, 2.05) is 0 Å². The van der Waals surface area contributed by atoms with Gasteiger partial charge < -0.3 is 14.6 Å². The first-order valence-electron chi connectivity index (χ1n) is 12.4. The minimum atomic E-state index is -1.17. The molecule has 198 valence electrons. The van der Waals surface area contributed by atoms with Gasteiger partial charge in [0.25, 0.3) is 0 Å². The molecule has 0 aliphatic heterocycles. The van der Waals surface area contributed by atoms with E-state index in [0.29, 0.717) is 36.8 Å². The van der Waals surface area contributed by atoms with Crippen molar-refractivity contribution in [3.8, 4) is 11.5 Å². The average molecular weight is 521 g/mol. The molecule has 8 heteroatoms. The fourth-order valence-corrected chi connectivity index (χ4v) is 4.98. The summed E-state index contributed by atoms with van der Waals surface area (Å²) in [6.07, 6.45) is 1.25. The molecule has 4 rings (SSSR count). The second-order valence-corrected chi connectivity index (χ2v) is 9.36. The number of aliphatic hydroxyl groups is 1. The minimum absolute atomic E-state index is 0.0727. The second-order valence-electron chi connectivity index (χ2n) is 9.36. The van der Waals surface area contributed by atoms with Crippen LogP contribution >= 0.6 is 0 Å². The topological polar surface area (TPSA) is 38.7 Å². The standard InChI is InChI=1S/C29H29F5O3/c1-3-36-24-12-13-25(29(34)28(24)33)37-15-17-4-9-21(23(30)14-17)18-5-7-19(8-6-18)22-11-10-20(16(2)35)26(31)27(22)32/h4,9-14,16,18-19,35H,3,5-8,15H2,1-2H3. The number of hydrogen-bond acceptors (Lipinski definition) is 3. The quantitative estimate of drug-likeness (QED) is 0.308. The molecule has 1 N–H and O–H groups in total. The summed E-state index contributed by atoms with van der Waals surface area (Å²) in [6.45, 7) is 3.08. The molecule has 0 bridgehead atoms. The summed E-state index contributed by atoms with van der Waals surface area (Å²) in [7, 11) is 0. The Morgan fingerprint density at radius 3 is 1.89 bits per heavy atom. The Morgan fingerprint density at radius 2 is 1.32 bits per heavy atom. The van der Waals surface area contributed by atoms with Gasteiger partial charge in [0.2, 0.25) is 11.6 Å². The summed E-state index contributed by atoms with van der Waals surface area (Å²) in [5.74, 6) is -5.46. The molecule has 1 aliphatic rings. The highest BCUT2D eigenvalue weighted by Crippen LogP contribution is 2.42. The lowest BCUT2D eigenvalue weighted by Gasteiger charge is -2.30. The molecule has 1 aliphatic carbocycles. The predicted molar refractivity (Wildman–Crippen MR) is 129 cm³/mol. The average Bonchev–Trinajstić information content (AvgIpc) is 2.88. The third-order valence-corrected chi connectivity index (χ3v) is 6.97. The molecule has 1 saturated carbocycles. The van der Waals surface area contributed by atoms with Crippen molar-refractivity contribution < 1.29 is 36.5 Å². The van der Waals surface area contributed by atoms with Gasteiger partial charge in [0.1, 0.15) is 12.4 Å². The summed E-state index contributed by atoms with van der Waals surface area (Å²) in [6, 6.07) is 10.1. The van der Waals surface area contributed by atoms with Gasteiger partial charge in [-0.25, -0.2) is 13.2 Å². The third kappa shape index (κ3) is 5.74. The van der Waals surface area contributed by atoms with Gasteiger partial charge in [0, 0.05) is 5.56 Å². The maximum atomic E-state index is 15.0. The first kappa shape index (κ1) is 26.9. The molecule has 0 spiro atoms. The lowest BCUT2D eigenvalue weighted by Crippen LogP contribution is -2.15. The molecule has 0 saturated heterocycles. The maximum absolute atomic E-state index is 15.0. The van der Waals surface area contributed by atoms with E-state index in [2.05, 4.69) is 0 Å². The Hall–Kier alpha value is -3.13. The molecular formula is C29H29F5O3. The van der Waals surface area contributed by atoms with Crippen LogP contribution in [0.4, 0.5) is 22.0 Å². The zero-order valence-electron chi connectivity index (χ0n) is 20.7. The van der Waals surface area contributed by atoms with Gasteiger partial charge in [-0.2, -0.15) is 8.78 Å². The van der Waals surface area contributed by atoms with Crippen LogP contribution < -0.4 is 9.47 Å². The van der Waals surface area contributed by atoms with Gasteiger partial charge in [0.15, 0.2) is 23.1 Å². The Morgan fingerprint density at radius 1 is 0.757 bits per heavy atom. The summed E-state index contributed by atoms with van der Waals surface area (Å²) in [5, 5.41) is 9.59. The molecular weight excluding hydrogens is 491 g/mol. The first-order chi connectivity index (χ1) is 17.7. The van der Waals surface area contributed by atoms with E-state index in [1.54, 1.807) is 19.1 Å². The number of ether oxygens (including phenoxy) is 2. The van der Waals surface area contributed by atoms with E-state index in [0.717, 1.165) is 0 Å². The van der Waals surface area contributed by atoms with Gasteiger partial charge >= 0.3 is 0 Å². The molecule has 3 aromatic carbocycles. The van der Waals surface area contributed by atoms with E-state index in [-0.39, 0.29) is 47.7 Å². The van der Waals surface area contributed by atoms with E-state index in [1.165, 1.54) is 37.3 Å². The van der Waals surface area contributed by atoms with Crippen molar-refractivity contribution in [3.63, 3.8) is 0 Å². The SMILES string of the molecule is CCOc1ccc(OCc2ccc(C3CCC(c4ccc(C(C)O)c(F)c4F)CC3)c(F)c2)c(F)c1F. The Kier molecular flexibility index (Phi) is 8.37. The smallest absolute Gasteiger partial charge is 0.204 e. The van der Waals surface area contributed by atoms with Crippen LogP contribution in [-0.2, 0) is 6.61 Å². The summed E-state index contributed by atoms with van der Waals surface area (Å²) < 4.78 is 82.5. The molecule has 3 aromatic rings. The number of halogens is 5. The molecule has 1 atom stereocenters. The van der Waals surface area contributed by atoms with Crippen molar-refractivity contribution in [3.05, 3.63) is 93.8 Å². The molecule has 0 radical (unpaired) electrons. The third-order valence-electron chi connectivity index (χ3n) is 6.97. The number of benzene rings is 3. The van der Waals surface area contributed by atoms with Crippen molar-refractivity contribution in [2.75, 3.05) is 6.61 Å². The fourth-order valence-electron chi connectivity index (χ4n) is 4.98. The molecule has 3 nitrogen and oxygen atoms in total. The van der Waals surface area contributed by atoms with Crippen LogP contribution in [0.15, 0.2) is 42.5 Å². The Labute approximate surface area is 212 Å². The normalized spacial score (nSPS) is 18.5. The van der Waals surface area contributed by atoms with Crippen molar-refractivity contribution in [1.29, 1.82) is 0 Å². The van der Waals surface area contributed by atoms with Gasteiger partial charge in [-0.15, -0.1) is 0 Å². The van der Waals surface area contributed by atoms with E-state index >= 15 is 0 Å². The lowest BCUT2D eigenvalue weighted by atomic mass is 9.75. The molecule has 1 fully saturated rings. The molecule has 1 unspecified atom stereocenters. The summed E-state index contributed by atoms with van der Waals surface area (Å²) in [4.78, 5) is 0. The Bertz CT molecular complexity index is 1250. The van der Waals surface area contributed by atoms with Crippen LogP contribution in [0, 0.1) is 29.1 Å². The van der Waals surface area contributed by atoms with Crippen LogP contribution in [0.25, 0.3) is 0 Å². The zero-order valence-corrected chi connectivity index (χ0v) is 20.7. The number of aliphatic hydroxyl groups excluding tert-OH is 1. The highest BCUT2D eigenvalue weighted by molar-refractivity contribution is 5.36. The van der Waals surface area contributed by atoms with Crippen LogP contribution in [0.3, 0.4) is 0 Å². The Balaban J connectivity index is 1.39. The van der Waals surface area contributed by atoms with Crippen molar-refractivity contribution >= 4 is 0 Å². The fraction of sp³-hybridized carbons (Fsp3) is 0.379. The van der Waals surface area contributed by atoms with Crippen LogP contribution in [0.2, 0.25) is 0 Å². The van der Waals surface area contributed by atoms with Gasteiger partial charge in [-0.1, -0.05) is 24.3 Å². The van der Waals surface area contributed by atoms with Crippen LogP contribution in [0.5, 0.6) is 11.5 Å². The monoisotopic (exact) mass is 520 g/mol. The second kappa shape index (κ2) is 11.5. The van der Waals surface area contributed by atoms with Gasteiger partial charge in [-0.05, 0) is 86.3 Å². The van der Waals surface area contributed by atoms with Crippen molar-refractivity contribution in [2.24, 2.45) is 0 Å². The van der Waals surface area contributed by atoms with Gasteiger partial charge in [0.05, 0.1) is 12.7 Å². The minimum Gasteiger partial charge on any atom is -0.491 e. The maximum Gasteiger partial charge on any atom is 0.204 e. The summed E-state index contributed by atoms with van der Waals surface area (Å²) >= 11 is 0. The van der Waals surface area contributed by atoms with E-state index < -0.39 is 35.2 Å². The largest absolute Gasteiger partial charge is 0.491 e. The van der Waals surface area contributed by atoms with Crippen molar-refractivity contribution in [1.82, 2.24) is 0 Å². The lowest BCUT2D eigenvalue weighted by molar-refractivity contribution is 0.192. The molecule has 0 amide bonds. The van der Waals surface area contributed by atoms with Crippen LogP contribution in [-0.4, -0.2) is 11.7 Å². The zero-order chi connectivity index (χ0) is 26.7. The van der Waals surface area contributed by atoms with Crippen molar-refractivity contribution in [2.45, 2.75) is 64.1 Å². The highest BCUT2D eigenvalue weighted by atomic mass is 19.2. The first-order valence-corrected chi connectivity index (χ1v) is 12.4.